The predicted molar refractivity (Wildman–Crippen MR) is 101 cm³/mol. The monoisotopic (exact) mass is 394 g/mol. The number of aromatic nitrogens is 2. The Bertz CT molecular complexity index is 966. The van der Waals surface area contributed by atoms with Crippen molar-refractivity contribution in [1.82, 2.24) is 4.57 Å². The third-order valence-electron chi connectivity index (χ3n) is 3.95. The van der Waals surface area contributed by atoms with E-state index < -0.39 is 0 Å². The first-order chi connectivity index (χ1) is 11.9. The first-order valence-corrected chi connectivity index (χ1v) is 8.59. The molecule has 0 atom stereocenters. The van der Waals surface area contributed by atoms with E-state index in [1.165, 1.54) is 0 Å². The van der Waals surface area contributed by atoms with Gasteiger partial charge in [0.25, 0.3) is 0 Å². The average Bonchev–Trinajstić information content (AvgIpc) is 2.86. The van der Waals surface area contributed by atoms with Crippen LogP contribution in [0, 0.1) is 0 Å². The second kappa shape index (κ2) is 7.08. The molecule has 3 rings (SSSR count). The van der Waals surface area contributed by atoms with Gasteiger partial charge in [0, 0.05) is 16.1 Å². The molecule has 0 aliphatic carbocycles. The van der Waals surface area contributed by atoms with E-state index in [-0.39, 0.29) is 12.3 Å². The molecule has 0 bridgehead atoms. The van der Waals surface area contributed by atoms with Crippen LogP contribution in [0.5, 0.6) is 0 Å². The molecule has 128 valence electrons. The summed E-state index contributed by atoms with van der Waals surface area (Å²) in [5, 5.41) is 1.39. The molecule has 25 heavy (non-hydrogen) atoms. The van der Waals surface area contributed by atoms with E-state index >= 15 is 0 Å². The van der Waals surface area contributed by atoms with Gasteiger partial charge in [-0.3, -0.25) is 10.5 Å². The van der Waals surface area contributed by atoms with Crippen LogP contribution in [0.2, 0.25) is 15.1 Å². The molecule has 0 aliphatic heterocycles. The molecule has 1 heterocycles. The molecule has 2 aromatic carbocycles. The number of halogens is 3. The summed E-state index contributed by atoms with van der Waals surface area (Å²) in [6.07, 6.45) is 1.83. The summed E-state index contributed by atoms with van der Waals surface area (Å²) >= 11 is 17.9. The van der Waals surface area contributed by atoms with Gasteiger partial charge in [0.05, 0.1) is 17.1 Å². The third kappa shape index (κ3) is 3.66. The lowest BCUT2D eigenvalue weighted by Crippen LogP contribution is -2.39. The smallest absolute Gasteiger partial charge is 0.291 e. The maximum atomic E-state index is 12.5. The molecule has 0 amide bonds. The van der Waals surface area contributed by atoms with Crippen molar-refractivity contribution in [3.8, 4) is 11.3 Å². The van der Waals surface area contributed by atoms with Gasteiger partial charge in [-0.15, -0.1) is 0 Å². The molecule has 1 aromatic heterocycles. The number of nitrogens with zero attached hydrogens (tertiary/aromatic N) is 2. The largest absolute Gasteiger partial charge is 0.355 e. The Morgan fingerprint density at radius 1 is 1.12 bits per heavy atom. The number of hydrogen-bond donors (Lipinski definition) is 1. The lowest BCUT2D eigenvalue weighted by Gasteiger charge is -2.02. The van der Waals surface area contributed by atoms with E-state index in [1.54, 1.807) is 28.8 Å². The zero-order valence-corrected chi connectivity index (χ0v) is 15.6. The Kier molecular flexibility index (Phi) is 5.04. The number of ketones is 1. The summed E-state index contributed by atoms with van der Waals surface area (Å²) in [4.78, 5) is 12.5. The van der Waals surface area contributed by atoms with Crippen molar-refractivity contribution < 1.29 is 9.36 Å². The number of carbonyl (C=O) groups excluding carboxylic acids is 1. The first kappa shape index (κ1) is 17.8. The van der Waals surface area contributed by atoms with Crippen molar-refractivity contribution in [3.05, 3.63) is 69.3 Å². The van der Waals surface area contributed by atoms with Crippen LogP contribution in [-0.4, -0.2) is 10.4 Å². The Hall–Kier alpha value is -2.01. The van der Waals surface area contributed by atoms with E-state index in [2.05, 4.69) is 0 Å². The third-order valence-corrected chi connectivity index (χ3v) is 4.93. The van der Waals surface area contributed by atoms with Gasteiger partial charge in [0.15, 0.2) is 5.78 Å². The molecule has 0 spiro atoms. The van der Waals surface area contributed by atoms with Crippen molar-refractivity contribution in [1.29, 1.82) is 0 Å². The molecule has 0 fully saturated rings. The fraction of sp³-hybridized carbons (Fsp3) is 0.111. The normalized spacial score (nSPS) is 10.9. The van der Waals surface area contributed by atoms with Crippen molar-refractivity contribution in [2.24, 2.45) is 7.05 Å². The molecule has 0 aliphatic rings. The number of imidazole rings is 1. The maximum Gasteiger partial charge on any atom is 0.355 e. The highest BCUT2D eigenvalue weighted by atomic mass is 35.5. The minimum atomic E-state index is -0.112. The number of Topliss-reactive ketones (excluding diaryl/α,β-unsaturated/α-hetero) is 1. The minimum absolute atomic E-state index is 0.0954. The standard InChI is InChI=1S/C18H14Cl3N3O/c1-23-16(11-3-2-4-13(19)7-11)9-24(18(23)22)10-17(25)12-5-6-14(20)15(21)8-12/h2-9,22H,10H2,1H3/p+1. The Balaban J connectivity index is 1.92. The van der Waals surface area contributed by atoms with Gasteiger partial charge < -0.3 is 0 Å². The SMILES string of the molecule is Cn1c(-c2cccc(Cl)c2)c[n+](CC(=O)c2ccc(Cl)c(Cl)c2)c1N. The highest BCUT2D eigenvalue weighted by Crippen LogP contribution is 2.24. The van der Waals surface area contributed by atoms with Crippen molar-refractivity contribution in [3.63, 3.8) is 0 Å². The summed E-state index contributed by atoms with van der Waals surface area (Å²) in [6.45, 7) is 0.0954. The van der Waals surface area contributed by atoms with Crippen molar-refractivity contribution in [2.45, 2.75) is 6.54 Å². The highest BCUT2D eigenvalue weighted by Gasteiger charge is 2.20. The number of nitrogens with two attached hydrogens (primary N) is 1. The number of anilines is 1. The Labute approximate surface area is 160 Å². The van der Waals surface area contributed by atoms with Gasteiger partial charge >= 0.3 is 5.95 Å². The van der Waals surface area contributed by atoms with Gasteiger partial charge in [-0.1, -0.05) is 46.9 Å². The van der Waals surface area contributed by atoms with Crippen LogP contribution in [0.25, 0.3) is 11.3 Å². The molecule has 4 nitrogen and oxygen atoms in total. The molecule has 2 N–H and O–H groups in total. The molecule has 0 saturated carbocycles. The fourth-order valence-electron chi connectivity index (χ4n) is 2.57. The minimum Gasteiger partial charge on any atom is -0.291 e. The first-order valence-electron chi connectivity index (χ1n) is 7.45. The number of hydrogen-bond acceptors (Lipinski definition) is 2. The summed E-state index contributed by atoms with van der Waals surface area (Å²) in [7, 11) is 1.84. The molecule has 0 radical (unpaired) electrons. The van der Waals surface area contributed by atoms with E-state index in [4.69, 9.17) is 40.5 Å². The molecule has 7 heteroatoms. The molecular weight excluding hydrogens is 381 g/mol. The van der Waals surface area contributed by atoms with Crippen LogP contribution < -0.4 is 10.3 Å². The fourth-order valence-corrected chi connectivity index (χ4v) is 3.06. The Morgan fingerprint density at radius 2 is 1.88 bits per heavy atom. The number of benzene rings is 2. The summed E-state index contributed by atoms with van der Waals surface area (Å²) in [6, 6.07) is 12.3. The zero-order valence-electron chi connectivity index (χ0n) is 13.3. The Morgan fingerprint density at radius 3 is 2.56 bits per heavy atom. The van der Waals surface area contributed by atoms with Crippen LogP contribution in [0.4, 0.5) is 5.95 Å². The van der Waals surface area contributed by atoms with Crippen LogP contribution in [0.3, 0.4) is 0 Å². The summed E-state index contributed by atoms with van der Waals surface area (Å²) in [5.74, 6) is 0.349. The van der Waals surface area contributed by atoms with E-state index in [0.717, 1.165) is 11.3 Å². The maximum absolute atomic E-state index is 12.5. The topological polar surface area (TPSA) is 51.9 Å². The van der Waals surface area contributed by atoms with E-state index in [0.29, 0.717) is 26.6 Å². The molecular formula is C18H15Cl3N3O+. The number of nitrogen functional groups attached to an aromatic ring is 1. The zero-order chi connectivity index (χ0) is 18.1. The van der Waals surface area contributed by atoms with Crippen LogP contribution in [0.1, 0.15) is 10.4 Å². The van der Waals surface area contributed by atoms with Crippen LogP contribution >= 0.6 is 34.8 Å². The van der Waals surface area contributed by atoms with Gasteiger partial charge in [-0.25, -0.2) is 9.13 Å². The lowest BCUT2D eigenvalue weighted by molar-refractivity contribution is -0.667. The molecule has 0 saturated heterocycles. The van der Waals surface area contributed by atoms with Gasteiger partial charge in [0.2, 0.25) is 0 Å². The highest BCUT2D eigenvalue weighted by molar-refractivity contribution is 6.42. The summed E-state index contributed by atoms with van der Waals surface area (Å²) in [5.41, 5.74) is 8.42. The van der Waals surface area contributed by atoms with Crippen molar-refractivity contribution in [2.75, 3.05) is 5.73 Å². The van der Waals surface area contributed by atoms with Gasteiger partial charge in [-0.05, 0) is 30.3 Å². The van der Waals surface area contributed by atoms with Gasteiger partial charge in [0.1, 0.15) is 18.4 Å². The van der Waals surface area contributed by atoms with E-state index in [1.807, 2.05) is 36.0 Å². The predicted octanol–water partition coefficient (Wildman–Crippen LogP) is 4.40. The number of rotatable bonds is 4. The molecule has 0 unspecified atom stereocenters. The second-order valence-electron chi connectivity index (χ2n) is 5.62. The van der Waals surface area contributed by atoms with Crippen molar-refractivity contribution >= 4 is 46.5 Å². The second-order valence-corrected chi connectivity index (χ2v) is 6.87. The van der Waals surface area contributed by atoms with Gasteiger partial charge in [-0.2, -0.15) is 0 Å². The van der Waals surface area contributed by atoms with Crippen LogP contribution in [-0.2, 0) is 13.6 Å². The number of carbonyl (C=O) groups is 1. The van der Waals surface area contributed by atoms with Crippen LogP contribution in [0.15, 0.2) is 48.7 Å². The van der Waals surface area contributed by atoms with E-state index in [9.17, 15) is 4.79 Å². The average molecular weight is 396 g/mol. The quantitative estimate of drug-likeness (QED) is 0.525. The summed E-state index contributed by atoms with van der Waals surface area (Å²) < 4.78 is 3.51. The molecule has 3 aromatic rings. The lowest BCUT2D eigenvalue weighted by atomic mass is 10.1.